The third kappa shape index (κ3) is 3.19. The summed E-state index contributed by atoms with van der Waals surface area (Å²) in [5.41, 5.74) is -0.942. The van der Waals surface area contributed by atoms with Gasteiger partial charge in [0.25, 0.3) is 0 Å². The minimum atomic E-state index is -1.23. The predicted octanol–water partition coefficient (Wildman–Crippen LogP) is 3.71. The van der Waals surface area contributed by atoms with Crippen LogP contribution in [-0.2, 0) is 9.31 Å². The molecule has 1 fully saturated rings. The quantitative estimate of drug-likeness (QED) is 0.797. The van der Waals surface area contributed by atoms with Crippen molar-refractivity contribution in [2.45, 2.75) is 50.9 Å². The van der Waals surface area contributed by atoms with Gasteiger partial charge in [0.1, 0.15) is 17.7 Å². The molecule has 0 amide bonds. The zero-order chi connectivity index (χ0) is 16.7. The molecule has 0 saturated carbocycles. The summed E-state index contributed by atoms with van der Waals surface area (Å²) in [5, 5.41) is 0. The number of allylic oxidation sites excluding steroid dienone is 3. The zero-order valence-electron chi connectivity index (χ0n) is 13.8. The Morgan fingerprint density at radius 3 is 2.48 bits per heavy atom. The highest BCUT2D eigenvalue weighted by molar-refractivity contribution is 6.48. The summed E-state index contributed by atoms with van der Waals surface area (Å²) in [4.78, 5) is 3.97. The molecule has 0 spiro atoms. The molecule has 0 radical (unpaired) electrons. The van der Waals surface area contributed by atoms with Crippen LogP contribution in [0.4, 0.5) is 4.39 Å². The zero-order valence-corrected chi connectivity index (χ0v) is 13.8. The van der Waals surface area contributed by atoms with Crippen LogP contribution < -0.4 is 4.74 Å². The summed E-state index contributed by atoms with van der Waals surface area (Å²) in [5.74, 6) is 0.542. The molecule has 1 aromatic heterocycles. The summed E-state index contributed by atoms with van der Waals surface area (Å²) in [7, 11) is -0.609. The third-order valence-electron chi connectivity index (χ3n) is 4.63. The van der Waals surface area contributed by atoms with E-state index in [9.17, 15) is 4.39 Å². The molecule has 0 bridgehead atoms. The fourth-order valence-electron chi connectivity index (χ4n) is 2.53. The lowest BCUT2D eigenvalue weighted by Crippen LogP contribution is -2.41. The molecular weight excluding hydrogens is 296 g/mol. The van der Waals surface area contributed by atoms with Gasteiger partial charge in [-0.2, -0.15) is 0 Å². The van der Waals surface area contributed by atoms with Crippen molar-refractivity contribution in [1.29, 1.82) is 0 Å². The van der Waals surface area contributed by atoms with E-state index in [1.807, 2.05) is 27.7 Å². The van der Waals surface area contributed by atoms with Crippen molar-refractivity contribution in [3.8, 4) is 5.75 Å². The van der Waals surface area contributed by atoms with E-state index in [2.05, 4.69) is 4.98 Å². The highest BCUT2D eigenvalue weighted by Gasteiger charge is 2.54. The Balaban J connectivity index is 1.69. The second-order valence-electron chi connectivity index (χ2n) is 6.87. The SMILES string of the molecule is CC1(C)OB(C2C=CC(Oc3cccnc3)=CC2F)OC1(C)C. The summed E-state index contributed by atoms with van der Waals surface area (Å²) in [6.07, 6.45) is 6.95. The van der Waals surface area contributed by atoms with Gasteiger partial charge in [-0.15, -0.1) is 0 Å². The van der Waals surface area contributed by atoms with Gasteiger partial charge in [0.15, 0.2) is 0 Å². The first-order valence-corrected chi connectivity index (χ1v) is 7.76. The van der Waals surface area contributed by atoms with E-state index >= 15 is 0 Å². The van der Waals surface area contributed by atoms with Crippen LogP contribution in [0.2, 0.25) is 5.82 Å². The standard InChI is InChI=1S/C17H21BFNO3/c1-16(2)17(3,4)23-18(22-16)14-8-7-12(10-15(14)19)21-13-6-5-9-20-11-13/h5-11,14-15H,1-4H3. The van der Waals surface area contributed by atoms with Crippen molar-refractivity contribution in [2.75, 3.05) is 0 Å². The number of hydrogen-bond donors (Lipinski definition) is 0. The van der Waals surface area contributed by atoms with Gasteiger partial charge in [-0.05, 0) is 52.0 Å². The molecule has 2 unspecified atom stereocenters. The topological polar surface area (TPSA) is 40.6 Å². The lowest BCUT2D eigenvalue weighted by Gasteiger charge is -2.32. The second-order valence-corrected chi connectivity index (χ2v) is 6.87. The van der Waals surface area contributed by atoms with Crippen molar-refractivity contribution in [1.82, 2.24) is 4.98 Å². The van der Waals surface area contributed by atoms with Gasteiger partial charge in [-0.25, -0.2) is 4.39 Å². The number of nitrogens with zero attached hydrogens (tertiary/aromatic N) is 1. The van der Waals surface area contributed by atoms with Crippen LogP contribution in [0.5, 0.6) is 5.75 Å². The fourth-order valence-corrected chi connectivity index (χ4v) is 2.53. The number of aromatic nitrogens is 1. The smallest absolute Gasteiger partial charge is 0.456 e. The van der Waals surface area contributed by atoms with Gasteiger partial charge in [0.2, 0.25) is 0 Å². The molecule has 1 saturated heterocycles. The van der Waals surface area contributed by atoms with Gasteiger partial charge in [-0.3, -0.25) is 4.98 Å². The molecule has 122 valence electrons. The average molecular weight is 317 g/mol. The third-order valence-corrected chi connectivity index (χ3v) is 4.63. The molecular formula is C17H21BFNO3. The van der Waals surface area contributed by atoms with Gasteiger partial charge in [0, 0.05) is 12.0 Å². The number of rotatable bonds is 3. The maximum Gasteiger partial charge on any atom is 0.468 e. The predicted molar refractivity (Wildman–Crippen MR) is 86.8 cm³/mol. The van der Waals surface area contributed by atoms with Crippen molar-refractivity contribution < 1.29 is 18.4 Å². The molecule has 0 N–H and O–H groups in total. The molecule has 2 atom stereocenters. The second kappa shape index (κ2) is 5.76. The average Bonchev–Trinajstić information content (AvgIpc) is 2.68. The number of alkyl halides is 1. The van der Waals surface area contributed by atoms with Gasteiger partial charge in [-0.1, -0.05) is 6.08 Å². The first kappa shape index (κ1) is 16.2. The molecule has 2 aliphatic rings. The van der Waals surface area contributed by atoms with Crippen molar-refractivity contribution in [3.63, 3.8) is 0 Å². The summed E-state index contributed by atoms with van der Waals surface area (Å²) in [6.45, 7) is 7.83. The normalized spacial score (nSPS) is 28.6. The van der Waals surface area contributed by atoms with Crippen LogP contribution in [0.25, 0.3) is 0 Å². The molecule has 1 aromatic rings. The molecule has 4 nitrogen and oxygen atoms in total. The van der Waals surface area contributed by atoms with E-state index in [0.717, 1.165) is 0 Å². The minimum Gasteiger partial charge on any atom is -0.456 e. The van der Waals surface area contributed by atoms with E-state index in [4.69, 9.17) is 14.0 Å². The Morgan fingerprint density at radius 2 is 1.91 bits per heavy atom. The monoisotopic (exact) mass is 317 g/mol. The lowest BCUT2D eigenvalue weighted by atomic mass is 9.67. The Labute approximate surface area is 136 Å². The van der Waals surface area contributed by atoms with E-state index < -0.39 is 30.3 Å². The molecule has 0 aromatic carbocycles. The molecule has 3 rings (SSSR count). The molecule has 6 heteroatoms. The Bertz CT molecular complexity index is 614. The molecule has 23 heavy (non-hydrogen) atoms. The number of halogens is 1. The van der Waals surface area contributed by atoms with Crippen LogP contribution in [0.3, 0.4) is 0 Å². The number of ether oxygens (including phenoxy) is 1. The van der Waals surface area contributed by atoms with Crippen molar-refractivity contribution in [2.24, 2.45) is 0 Å². The van der Waals surface area contributed by atoms with Crippen molar-refractivity contribution in [3.05, 3.63) is 48.5 Å². The van der Waals surface area contributed by atoms with E-state index in [1.165, 1.54) is 6.08 Å². The van der Waals surface area contributed by atoms with E-state index in [-0.39, 0.29) is 0 Å². The van der Waals surface area contributed by atoms with Gasteiger partial charge < -0.3 is 14.0 Å². The lowest BCUT2D eigenvalue weighted by molar-refractivity contribution is 0.00578. The molecule has 1 aliphatic heterocycles. The maximum absolute atomic E-state index is 14.6. The van der Waals surface area contributed by atoms with Gasteiger partial charge in [0.05, 0.1) is 17.4 Å². The first-order valence-electron chi connectivity index (χ1n) is 7.76. The maximum atomic E-state index is 14.6. The summed E-state index contributed by atoms with van der Waals surface area (Å²) < 4.78 is 32.0. The number of pyridine rings is 1. The van der Waals surface area contributed by atoms with Gasteiger partial charge >= 0.3 is 7.12 Å². The highest BCUT2D eigenvalue weighted by Crippen LogP contribution is 2.42. The fraction of sp³-hybridized carbons (Fsp3) is 0.471. The Morgan fingerprint density at radius 1 is 1.22 bits per heavy atom. The number of hydrogen-bond acceptors (Lipinski definition) is 4. The van der Waals surface area contributed by atoms with Crippen LogP contribution in [0, 0.1) is 0 Å². The largest absolute Gasteiger partial charge is 0.468 e. The Kier molecular flexibility index (Phi) is 4.06. The van der Waals surface area contributed by atoms with Crippen LogP contribution in [-0.4, -0.2) is 29.5 Å². The Hall–Kier alpha value is -1.66. The summed E-state index contributed by atoms with van der Waals surface area (Å²) >= 11 is 0. The van der Waals surface area contributed by atoms with Crippen LogP contribution in [0.15, 0.2) is 48.5 Å². The molecule has 1 aliphatic carbocycles. The van der Waals surface area contributed by atoms with E-state index in [0.29, 0.717) is 11.5 Å². The molecule has 2 heterocycles. The van der Waals surface area contributed by atoms with Crippen molar-refractivity contribution >= 4 is 7.12 Å². The summed E-state index contributed by atoms with van der Waals surface area (Å²) in [6, 6.07) is 3.54. The minimum absolute atomic E-state index is 0.457. The first-order chi connectivity index (χ1) is 10.8. The highest BCUT2D eigenvalue weighted by atomic mass is 19.1. The van der Waals surface area contributed by atoms with E-state index in [1.54, 1.807) is 36.7 Å². The van der Waals surface area contributed by atoms with Crippen LogP contribution in [0.1, 0.15) is 27.7 Å². The van der Waals surface area contributed by atoms with Crippen LogP contribution >= 0.6 is 0 Å².